The molecular weight excluding hydrogens is 486 g/mol. The van der Waals surface area contributed by atoms with Gasteiger partial charge in [-0.3, -0.25) is 0 Å². The lowest BCUT2D eigenvalue weighted by Crippen LogP contribution is -2.17. The van der Waals surface area contributed by atoms with Gasteiger partial charge in [0.2, 0.25) is 0 Å². The molecule has 2 aromatic carbocycles. The molecule has 0 aliphatic rings. The van der Waals surface area contributed by atoms with Gasteiger partial charge in [0.15, 0.2) is 26.9 Å². The largest absolute Gasteiger partial charge is 0.411 e. The van der Waals surface area contributed by atoms with Crippen molar-refractivity contribution in [2.24, 2.45) is 5.73 Å². The Kier molecular flexibility index (Phi) is 5.72. The summed E-state index contributed by atoms with van der Waals surface area (Å²) in [4.78, 5) is 20.3. The SMILES string of the molecule is CC(C)S(=O)(=O)c1ccc(-c2cnc(OC(N)=O)c(-c3cc(-c4ccc5oncc5c4)no3)n2)cc1. The monoisotopic (exact) mass is 505 g/mol. The Morgan fingerprint density at radius 2 is 1.72 bits per heavy atom. The summed E-state index contributed by atoms with van der Waals surface area (Å²) < 4.78 is 40.5. The number of fused-ring (bicyclic) bond motifs is 1. The third-order valence-electron chi connectivity index (χ3n) is 5.43. The van der Waals surface area contributed by atoms with Crippen molar-refractivity contribution >= 4 is 26.9 Å². The Bertz CT molecular complexity index is 1690. The number of sulfone groups is 1. The van der Waals surface area contributed by atoms with Crippen molar-refractivity contribution in [2.75, 3.05) is 0 Å². The van der Waals surface area contributed by atoms with Gasteiger partial charge in [-0.05, 0) is 44.2 Å². The number of nitrogens with zero attached hydrogens (tertiary/aromatic N) is 4. The van der Waals surface area contributed by atoms with E-state index in [2.05, 4.69) is 20.3 Å². The Hall–Kier alpha value is -4.58. The average molecular weight is 506 g/mol. The van der Waals surface area contributed by atoms with Crippen LogP contribution in [0.2, 0.25) is 0 Å². The summed E-state index contributed by atoms with van der Waals surface area (Å²) in [5.74, 6) is 0.0162. The summed E-state index contributed by atoms with van der Waals surface area (Å²) in [7, 11) is -3.42. The van der Waals surface area contributed by atoms with Crippen molar-refractivity contribution in [3.8, 4) is 39.8 Å². The normalized spacial score (nSPS) is 11.8. The van der Waals surface area contributed by atoms with Crippen LogP contribution >= 0.6 is 0 Å². The van der Waals surface area contributed by atoms with E-state index in [1.54, 1.807) is 50.4 Å². The maximum atomic E-state index is 12.4. The van der Waals surface area contributed by atoms with Crippen LogP contribution in [0.1, 0.15) is 13.8 Å². The summed E-state index contributed by atoms with van der Waals surface area (Å²) >= 11 is 0. The molecule has 0 bridgehead atoms. The first-order valence-corrected chi connectivity index (χ1v) is 12.3. The number of benzene rings is 2. The van der Waals surface area contributed by atoms with E-state index in [9.17, 15) is 13.2 Å². The lowest BCUT2D eigenvalue weighted by Gasteiger charge is -2.09. The van der Waals surface area contributed by atoms with Gasteiger partial charge in [0, 0.05) is 22.6 Å². The molecule has 2 N–H and O–H groups in total. The molecule has 36 heavy (non-hydrogen) atoms. The van der Waals surface area contributed by atoms with Crippen molar-refractivity contribution < 1.29 is 27.0 Å². The molecule has 5 aromatic rings. The minimum absolute atomic E-state index is 0.0926. The molecule has 0 saturated carbocycles. The third kappa shape index (κ3) is 4.29. The van der Waals surface area contributed by atoms with Gasteiger partial charge in [-0.25, -0.2) is 23.2 Å². The highest BCUT2D eigenvalue weighted by Gasteiger charge is 2.21. The van der Waals surface area contributed by atoms with Crippen molar-refractivity contribution in [1.29, 1.82) is 0 Å². The first-order valence-electron chi connectivity index (χ1n) is 10.7. The number of carbonyl (C=O) groups excluding carboxylic acids is 1. The quantitative estimate of drug-likeness (QED) is 0.353. The van der Waals surface area contributed by atoms with Crippen LogP contribution in [0.4, 0.5) is 4.79 Å². The summed E-state index contributed by atoms with van der Waals surface area (Å²) in [5, 5.41) is 8.10. The highest BCUT2D eigenvalue weighted by molar-refractivity contribution is 7.92. The molecule has 3 aromatic heterocycles. The number of carbonyl (C=O) groups is 1. The molecule has 182 valence electrons. The minimum atomic E-state index is -3.42. The molecule has 0 radical (unpaired) electrons. The number of amides is 1. The van der Waals surface area contributed by atoms with Gasteiger partial charge in [0.1, 0.15) is 5.69 Å². The van der Waals surface area contributed by atoms with Gasteiger partial charge < -0.3 is 19.5 Å². The number of hydrogen-bond donors (Lipinski definition) is 1. The average Bonchev–Trinajstić information content (AvgIpc) is 3.53. The van der Waals surface area contributed by atoms with E-state index in [0.717, 1.165) is 10.9 Å². The van der Waals surface area contributed by atoms with Gasteiger partial charge in [-0.1, -0.05) is 22.4 Å². The van der Waals surface area contributed by atoms with Crippen LogP contribution in [-0.2, 0) is 9.84 Å². The van der Waals surface area contributed by atoms with Gasteiger partial charge in [-0.15, -0.1) is 0 Å². The van der Waals surface area contributed by atoms with Crippen LogP contribution in [0, 0.1) is 0 Å². The summed E-state index contributed by atoms with van der Waals surface area (Å²) in [6.45, 7) is 3.24. The molecule has 0 atom stereocenters. The Labute approximate surface area is 204 Å². The van der Waals surface area contributed by atoms with E-state index in [0.29, 0.717) is 22.5 Å². The number of aromatic nitrogens is 4. The smallest absolute Gasteiger partial charge is 0.389 e. The first-order chi connectivity index (χ1) is 17.2. The highest BCUT2D eigenvalue weighted by atomic mass is 32.2. The van der Waals surface area contributed by atoms with E-state index in [-0.39, 0.29) is 22.2 Å². The van der Waals surface area contributed by atoms with Gasteiger partial charge in [-0.2, -0.15) is 0 Å². The van der Waals surface area contributed by atoms with E-state index >= 15 is 0 Å². The predicted octanol–water partition coefficient (Wildman–Crippen LogP) is 4.25. The topological polar surface area (TPSA) is 164 Å². The van der Waals surface area contributed by atoms with E-state index in [1.807, 2.05) is 6.07 Å². The van der Waals surface area contributed by atoms with Crippen molar-refractivity contribution in [3.63, 3.8) is 0 Å². The fraction of sp³-hybridized carbons (Fsp3) is 0.125. The molecule has 0 aliphatic carbocycles. The maximum Gasteiger partial charge on any atom is 0.411 e. The first kappa shape index (κ1) is 23.2. The van der Waals surface area contributed by atoms with Crippen LogP contribution in [0.5, 0.6) is 5.88 Å². The second-order valence-electron chi connectivity index (χ2n) is 8.10. The summed E-state index contributed by atoms with van der Waals surface area (Å²) in [6, 6.07) is 13.3. The van der Waals surface area contributed by atoms with Crippen molar-refractivity contribution in [1.82, 2.24) is 20.3 Å². The molecule has 1 amide bonds. The van der Waals surface area contributed by atoms with Crippen molar-refractivity contribution in [2.45, 2.75) is 24.0 Å². The Morgan fingerprint density at radius 3 is 2.44 bits per heavy atom. The summed E-state index contributed by atoms with van der Waals surface area (Å²) in [6.07, 6.45) is 1.90. The van der Waals surface area contributed by atoms with Crippen LogP contribution in [0.3, 0.4) is 0 Å². The second-order valence-corrected chi connectivity index (χ2v) is 10.6. The lowest BCUT2D eigenvalue weighted by molar-refractivity contribution is 0.209. The van der Waals surface area contributed by atoms with E-state index in [1.165, 1.54) is 18.3 Å². The lowest BCUT2D eigenvalue weighted by atomic mass is 10.1. The fourth-order valence-corrected chi connectivity index (χ4v) is 4.55. The van der Waals surface area contributed by atoms with Crippen LogP contribution < -0.4 is 10.5 Å². The number of rotatable bonds is 6. The van der Waals surface area contributed by atoms with E-state index < -0.39 is 21.2 Å². The molecule has 3 heterocycles. The standard InChI is InChI=1S/C24H19N5O6S/c1-13(2)36(31,32)17-6-3-14(4-7-17)19-12-26-23(33-24(25)30)22(28-19)21-10-18(29-35-21)15-5-8-20-16(9-15)11-27-34-20/h3-13H,1-2H3,(H2,25,30). The zero-order chi connectivity index (χ0) is 25.4. The Balaban J connectivity index is 1.54. The molecule has 0 fully saturated rings. The van der Waals surface area contributed by atoms with Gasteiger partial charge in [0.05, 0.1) is 28.2 Å². The molecule has 0 unspecified atom stereocenters. The number of ether oxygens (including phenoxy) is 1. The molecule has 11 nitrogen and oxygen atoms in total. The van der Waals surface area contributed by atoms with E-state index in [4.69, 9.17) is 19.5 Å². The zero-order valence-electron chi connectivity index (χ0n) is 19.1. The molecule has 5 rings (SSSR count). The molecular formula is C24H19N5O6S. The van der Waals surface area contributed by atoms with Gasteiger partial charge >= 0.3 is 6.09 Å². The molecule has 12 heteroatoms. The number of primary amides is 1. The molecule has 0 spiro atoms. The van der Waals surface area contributed by atoms with Gasteiger partial charge in [0.25, 0.3) is 5.88 Å². The molecule has 0 saturated heterocycles. The summed E-state index contributed by atoms with van der Waals surface area (Å²) in [5.41, 5.74) is 8.13. The fourth-order valence-electron chi connectivity index (χ4n) is 3.49. The molecule has 0 aliphatic heterocycles. The second kappa shape index (κ2) is 8.89. The highest BCUT2D eigenvalue weighted by Crippen LogP contribution is 2.33. The van der Waals surface area contributed by atoms with Crippen LogP contribution in [0.25, 0.3) is 44.9 Å². The third-order valence-corrected chi connectivity index (χ3v) is 7.60. The predicted molar refractivity (Wildman–Crippen MR) is 129 cm³/mol. The number of hydrogen-bond acceptors (Lipinski definition) is 10. The van der Waals surface area contributed by atoms with Crippen LogP contribution in [-0.4, -0.2) is 40.0 Å². The minimum Gasteiger partial charge on any atom is -0.389 e. The Morgan fingerprint density at radius 1 is 0.972 bits per heavy atom. The van der Waals surface area contributed by atoms with Crippen molar-refractivity contribution in [3.05, 3.63) is 60.9 Å². The number of nitrogens with two attached hydrogens (primary N) is 1. The zero-order valence-corrected chi connectivity index (χ0v) is 19.9. The maximum absolute atomic E-state index is 12.4. The van der Waals surface area contributed by atoms with Crippen LogP contribution in [0.15, 0.2) is 74.9 Å².